The Morgan fingerprint density at radius 2 is 2.07 bits per heavy atom. The zero-order valence-electron chi connectivity index (χ0n) is 8.77. The van der Waals surface area contributed by atoms with Gasteiger partial charge in [0.2, 0.25) is 0 Å². The van der Waals surface area contributed by atoms with E-state index in [2.05, 4.69) is 0 Å². The number of benzene rings is 1. The summed E-state index contributed by atoms with van der Waals surface area (Å²) in [6.07, 6.45) is 1.91. The van der Waals surface area contributed by atoms with Crippen LogP contribution in [0.2, 0.25) is 0 Å². The molecule has 0 radical (unpaired) electrons. The number of rotatable bonds is 1. The number of carbonyl (C=O) groups excluding carboxylic acids is 1. The lowest BCUT2D eigenvalue weighted by Crippen LogP contribution is -2.27. The molecule has 1 aliphatic rings. The average Bonchev–Trinajstić information content (AvgIpc) is 2.26. The molecule has 78 valence electrons. The van der Waals surface area contributed by atoms with Gasteiger partial charge in [-0.15, -0.1) is 0 Å². The number of carbonyl (C=O) groups is 1. The molecule has 1 heterocycles. The Hall–Kier alpha value is -1.41. The van der Waals surface area contributed by atoms with Crippen molar-refractivity contribution in [2.24, 2.45) is 5.92 Å². The van der Waals surface area contributed by atoms with E-state index >= 15 is 0 Å². The fourth-order valence-corrected chi connectivity index (χ4v) is 1.67. The van der Waals surface area contributed by atoms with Gasteiger partial charge in [-0.05, 0) is 11.6 Å². The van der Waals surface area contributed by atoms with E-state index in [9.17, 15) is 4.79 Å². The maximum Gasteiger partial charge on any atom is 0.166 e. The molecule has 1 aromatic rings. The minimum atomic E-state index is -0.00582. The van der Waals surface area contributed by atoms with Gasteiger partial charge in [-0.25, -0.2) is 0 Å². The molecule has 1 aromatic carbocycles. The van der Waals surface area contributed by atoms with Crippen molar-refractivity contribution >= 4 is 11.9 Å². The monoisotopic (exact) mass is 202 g/mol. The molecule has 0 aromatic heterocycles. The molecule has 1 unspecified atom stereocenters. The van der Waals surface area contributed by atoms with Gasteiger partial charge in [0.15, 0.2) is 5.78 Å². The van der Waals surface area contributed by atoms with Crippen LogP contribution in [0.1, 0.15) is 12.5 Å². The molecule has 0 bridgehead atoms. The van der Waals surface area contributed by atoms with E-state index in [1.807, 2.05) is 43.3 Å². The molecule has 0 spiro atoms. The second kappa shape index (κ2) is 4.41. The van der Waals surface area contributed by atoms with Crippen LogP contribution in [0.3, 0.4) is 0 Å². The van der Waals surface area contributed by atoms with E-state index in [-0.39, 0.29) is 11.7 Å². The predicted molar refractivity (Wildman–Crippen MR) is 59.4 cm³/mol. The molecule has 0 N–H and O–H groups in total. The Balaban J connectivity index is 2.23. The molecule has 1 saturated heterocycles. The minimum Gasteiger partial charge on any atom is -0.376 e. The molecule has 1 aliphatic heterocycles. The average molecular weight is 202 g/mol. The summed E-state index contributed by atoms with van der Waals surface area (Å²) < 4.78 is 5.35. The zero-order chi connectivity index (χ0) is 10.7. The van der Waals surface area contributed by atoms with Gasteiger partial charge in [-0.2, -0.15) is 0 Å². The maximum atomic E-state index is 11.8. The number of hydrogen-bond acceptors (Lipinski definition) is 2. The van der Waals surface area contributed by atoms with Gasteiger partial charge >= 0.3 is 0 Å². The van der Waals surface area contributed by atoms with Crippen LogP contribution < -0.4 is 0 Å². The van der Waals surface area contributed by atoms with Gasteiger partial charge in [0.1, 0.15) is 0 Å². The van der Waals surface area contributed by atoms with Crippen molar-refractivity contribution < 1.29 is 9.53 Å². The Bertz CT molecular complexity index is 379. The summed E-state index contributed by atoms with van der Waals surface area (Å²) in [5, 5.41) is 0. The van der Waals surface area contributed by atoms with E-state index in [0.29, 0.717) is 13.2 Å². The fraction of sp³-hybridized carbons (Fsp3) is 0.308. The van der Waals surface area contributed by atoms with Crippen LogP contribution in [0, 0.1) is 5.92 Å². The summed E-state index contributed by atoms with van der Waals surface area (Å²) in [6.45, 7) is 2.89. The zero-order valence-corrected chi connectivity index (χ0v) is 8.77. The van der Waals surface area contributed by atoms with Crippen molar-refractivity contribution in [2.45, 2.75) is 6.92 Å². The van der Waals surface area contributed by atoms with Crippen molar-refractivity contribution in [3.63, 3.8) is 0 Å². The number of Topliss-reactive ketones (excluding diaryl/α,β-unsaturated/α-hetero) is 1. The summed E-state index contributed by atoms with van der Waals surface area (Å²) in [4.78, 5) is 11.8. The van der Waals surface area contributed by atoms with Gasteiger partial charge in [0, 0.05) is 11.5 Å². The summed E-state index contributed by atoms with van der Waals surface area (Å²) >= 11 is 0. The van der Waals surface area contributed by atoms with E-state index in [1.165, 1.54) is 0 Å². The second-order valence-electron chi connectivity index (χ2n) is 3.86. The van der Waals surface area contributed by atoms with Gasteiger partial charge in [-0.1, -0.05) is 37.3 Å². The molecule has 1 fully saturated rings. The second-order valence-corrected chi connectivity index (χ2v) is 3.86. The topological polar surface area (TPSA) is 26.3 Å². The molecular weight excluding hydrogens is 188 g/mol. The van der Waals surface area contributed by atoms with Gasteiger partial charge < -0.3 is 4.74 Å². The van der Waals surface area contributed by atoms with Crippen LogP contribution >= 0.6 is 0 Å². The molecule has 2 nitrogen and oxygen atoms in total. The van der Waals surface area contributed by atoms with Crippen molar-refractivity contribution in [3.8, 4) is 0 Å². The third-order valence-corrected chi connectivity index (χ3v) is 2.53. The Labute approximate surface area is 89.6 Å². The first-order valence-corrected chi connectivity index (χ1v) is 5.15. The van der Waals surface area contributed by atoms with Crippen molar-refractivity contribution in [1.29, 1.82) is 0 Å². The maximum absolute atomic E-state index is 11.8. The minimum absolute atomic E-state index is 0.00582. The molecule has 15 heavy (non-hydrogen) atoms. The highest BCUT2D eigenvalue weighted by Gasteiger charge is 2.22. The highest BCUT2D eigenvalue weighted by molar-refractivity contribution is 6.01. The van der Waals surface area contributed by atoms with Crippen LogP contribution in [0.4, 0.5) is 0 Å². The molecule has 2 heteroatoms. The lowest BCUT2D eigenvalue weighted by Gasteiger charge is -2.19. The predicted octanol–water partition coefficient (Wildman–Crippen LogP) is 2.31. The standard InChI is InChI=1S/C13H14O2/c1-10-8-15-9-12(13(10)14)7-11-5-3-2-4-6-11/h2-7,10H,8-9H2,1H3/b12-7-. The van der Waals surface area contributed by atoms with Crippen LogP contribution in [-0.2, 0) is 9.53 Å². The summed E-state index contributed by atoms with van der Waals surface area (Å²) in [5.74, 6) is 0.207. The molecule has 0 amide bonds. The Morgan fingerprint density at radius 3 is 2.80 bits per heavy atom. The third-order valence-electron chi connectivity index (χ3n) is 2.53. The lowest BCUT2D eigenvalue weighted by atomic mass is 9.96. The Kier molecular flexibility index (Phi) is 2.97. The fourth-order valence-electron chi connectivity index (χ4n) is 1.67. The largest absolute Gasteiger partial charge is 0.376 e. The SMILES string of the molecule is CC1COC/C(=C/c2ccccc2)C1=O. The van der Waals surface area contributed by atoms with Crippen molar-refractivity contribution in [2.75, 3.05) is 13.2 Å². The van der Waals surface area contributed by atoms with Crippen molar-refractivity contribution in [1.82, 2.24) is 0 Å². The van der Waals surface area contributed by atoms with E-state index in [4.69, 9.17) is 4.74 Å². The molecule has 2 rings (SSSR count). The van der Waals surface area contributed by atoms with E-state index < -0.39 is 0 Å². The first-order chi connectivity index (χ1) is 7.27. The van der Waals surface area contributed by atoms with Crippen LogP contribution in [0.25, 0.3) is 6.08 Å². The van der Waals surface area contributed by atoms with Crippen LogP contribution in [0.5, 0.6) is 0 Å². The molecular formula is C13H14O2. The third kappa shape index (κ3) is 2.34. The van der Waals surface area contributed by atoms with Gasteiger partial charge in [0.05, 0.1) is 13.2 Å². The molecule has 1 atom stereocenters. The summed E-state index contributed by atoms with van der Waals surface area (Å²) in [5.41, 5.74) is 1.83. The Morgan fingerprint density at radius 1 is 1.33 bits per heavy atom. The first kappa shape index (κ1) is 10.1. The number of hydrogen-bond donors (Lipinski definition) is 0. The van der Waals surface area contributed by atoms with Gasteiger partial charge in [0.25, 0.3) is 0 Å². The van der Waals surface area contributed by atoms with E-state index in [0.717, 1.165) is 11.1 Å². The normalized spacial score (nSPS) is 24.5. The highest BCUT2D eigenvalue weighted by atomic mass is 16.5. The number of ketones is 1. The number of ether oxygens (including phenoxy) is 1. The van der Waals surface area contributed by atoms with Gasteiger partial charge in [-0.3, -0.25) is 4.79 Å². The first-order valence-electron chi connectivity index (χ1n) is 5.15. The molecule has 0 aliphatic carbocycles. The van der Waals surface area contributed by atoms with E-state index in [1.54, 1.807) is 0 Å². The van der Waals surface area contributed by atoms with Crippen LogP contribution in [-0.4, -0.2) is 19.0 Å². The summed E-state index contributed by atoms with van der Waals surface area (Å²) in [6, 6.07) is 9.86. The molecule has 0 saturated carbocycles. The smallest absolute Gasteiger partial charge is 0.166 e. The van der Waals surface area contributed by atoms with Crippen LogP contribution in [0.15, 0.2) is 35.9 Å². The van der Waals surface area contributed by atoms with Crippen molar-refractivity contribution in [3.05, 3.63) is 41.5 Å². The lowest BCUT2D eigenvalue weighted by molar-refractivity contribution is -0.123. The summed E-state index contributed by atoms with van der Waals surface area (Å²) in [7, 11) is 0. The highest BCUT2D eigenvalue weighted by Crippen LogP contribution is 2.17. The quantitative estimate of drug-likeness (QED) is 0.653.